The van der Waals surface area contributed by atoms with E-state index in [0.717, 1.165) is 85.2 Å². The summed E-state index contributed by atoms with van der Waals surface area (Å²) in [5.41, 5.74) is 10.4. The van der Waals surface area contributed by atoms with Gasteiger partial charge in [-0.25, -0.2) is 9.97 Å². The molecular formula is C44H32N2O2. The average molecular weight is 621 g/mol. The Hall–Kier alpha value is -5.74. The molecule has 8 aromatic rings. The van der Waals surface area contributed by atoms with Gasteiger partial charge in [0.25, 0.3) is 0 Å². The highest BCUT2D eigenvalue weighted by Crippen LogP contribution is 2.49. The van der Waals surface area contributed by atoms with Gasteiger partial charge in [0.2, 0.25) is 0 Å². The van der Waals surface area contributed by atoms with Gasteiger partial charge in [-0.1, -0.05) is 116 Å². The van der Waals surface area contributed by atoms with E-state index in [1.54, 1.807) is 0 Å². The molecule has 0 bridgehead atoms. The van der Waals surface area contributed by atoms with Crippen LogP contribution in [0.25, 0.3) is 77.6 Å². The molecule has 0 radical (unpaired) electrons. The van der Waals surface area contributed by atoms with E-state index >= 15 is 0 Å². The zero-order chi connectivity index (χ0) is 31.6. The zero-order valence-corrected chi connectivity index (χ0v) is 26.4. The molecule has 0 spiro atoms. The lowest BCUT2D eigenvalue weighted by Crippen LogP contribution is -2.22. The summed E-state index contributed by atoms with van der Waals surface area (Å²) in [5.74, 6) is 1.89. The van der Waals surface area contributed by atoms with Crippen molar-refractivity contribution in [1.82, 2.24) is 9.97 Å². The lowest BCUT2D eigenvalue weighted by atomic mass is 9.85. The number of ether oxygens (including phenoxy) is 1. The first-order valence-electron chi connectivity index (χ1n) is 17.0. The quantitative estimate of drug-likeness (QED) is 0.196. The molecule has 0 saturated heterocycles. The van der Waals surface area contributed by atoms with E-state index < -0.39 is 0 Å². The lowest BCUT2D eigenvalue weighted by Gasteiger charge is -2.23. The van der Waals surface area contributed by atoms with Crippen LogP contribution in [0.1, 0.15) is 37.3 Å². The van der Waals surface area contributed by atoms with Crippen molar-refractivity contribution in [2.75, 3.05) is 0 Å². The minimum absolute atomic E-state index is 0.179. The fourth-order valence-corrected chi connectivity index (χ4v) is 7.96. The number of benzene rings is 6. The minimum Gasteiger partial charge on any atom is -0.485 e. The number of nitrogens with zero attached hydrogens (tertiary/aromatic N) is 2. The van der Waals surface area contributed by atoms with Crippen LogP contribution in [-0.4, -0.2) is 16.1 Å². The molecule has 2 aliphatic rings. The smallest absolute Gasteiger partial charge is 0.167 e. The summed E-state index contributed by atoms with van der Waals surface area (Å²) < 4.78 is 13.2. The summed E-state index contributed by atoms with van der Waals surface area (Å²) in [6.45, 7) is 0. The molecule has 1 aliphatic heterocycles. The van der Waals surface area contributed by atoms with Crippen molar-refractivity contribution < 1.29 is 9.15 Å². The van der Waals surface area contributed by atoms with E-state index in [4.69, 9.17) is 19.1 Å². The topological polar surface area (TPSA) is 48.2 Å². The molecule has 1 fully saturated rings. The van der Waals surface area contributed by atoms with Crippen LogP contribution in [0.3, 0.4) is 0 Å². The van der Waals surface area contributed by atoms with Crippen molar-refractivity contribution in [3.8, 4) is 50.6 Å². The van der Waals surface area contributed by atoms with Gasteiger partial charge in [0.1, 0.15) is 23.0 Å². The van der Waals surface area contributed by atoms with Crippen molar-refractivity contribution in [2.45, 2.75) is 37.7 Å². The van der Waals surface area contributed by atoms with Gasteiger partial charge in [-0.2, -0.15) is 0 Å². The lowest BCUT2D eigenvalue weighted by molar-refractivity contribution is 0.164. The highest BCUT2D eigenvalue weighted by molar-refractivity contribution is 6.22. The van der Waals surface area contributed by atoms with Crippen molar-refractivity contribution in [3.05, 3.63) is 139 Å². The molecule has 230 valence electrons. The van der Waals surface area contributed by atoms with Crippen LogP contribution in [0.5, 0.6) is 5.75 Å². The molecule has 1 saturated carbocycles. The third-order valence-electron chi connectivity index (χ3n) is 10.3. The van der Waals surface area contributed by atoms with E-state index in [9.17, 15) is 0 Å². The third kappa shape index (κ3) is 4.36. The third-order valence-corrected chi connectivity index (χ3v) is 10.3. The van der Waals surface area contributed by atoms with Gasteiger partial charge in [0, 0.05) is 27.8 Å². The van der Waals surface area contributed by atoms with Gasteiger partial charge in [-0.15, -0.1) is 0 Å². The monoisotopic (exact) mass is 620 g/mol. The zero-order valence-electron chi connectivity index (χ0n) is 26.4. The van der Waals surface area contributed by atoms with Crippen LogP contribution >= 0.6 is 0 Å². The van der Waals surface area contributed by atoms with Crippen LogP contribution in [-0.2, 0) is 0 Å². The highest BCUT2D eigenvalue weighted by atomic mass is 16.5. The molecule has 2 unspecified atom stereocenters. The summed E-state index contributed by atoms with van der Waals surface area (Å²) >= 11 is 0. The molecule has 48 heavy (non-hydrogen) atoms. The first-order valence-corrected chi connectivity index (χ1v) is 17.0. The predicted molar refractivity (Wildman–Crippen MR) is 194 cm³/mol. The molecule has 2 aromatic heterocycles. The van der Waals surface area contributed by atoms with Gasteiger partial charge in [0.05, 0.1) is 5.69 Å². The number of fused-ring (bicyclic) bond motifs is 8. The maximum Gasteiger partial charge on any atom is 0.167 e. The van der Waals surface area contributed by atoms with E-state index in [2.05, 4.69) is 127 Å². The Kier molecular flexibility index (Phi) is 6.23. The second-order valence-corrected chi connectivity index (χ2v) is 13.1. The average Bonchev–Trinajstić information content (AvgIpc) is 3.73. The molecule has 4 heteroatoms. The van der Waals surface area contributed by atoms with E-state index in [0.29, 0.717) is 5.92 Å². The first kappa shape index (κ1) is 27.4. The molecule has 2 atom stereocenters. The molecule has 3 heterocycles. The first-order chi connectivity index (χ1) is 23.8. The molecule has 10 rings (SSSR count). The van der Waals surface area contributed by atoms with Crippen LogP contribution in [0.15, 0.2) is 138 Å². The van der Waals surface area contributed by atoms with Gasteiger partial charge in [0.15, 0.2) is 11.6 Å². The molecule has 0 amide bonds. The van der Waals surface area contributed by atoms with E-state index in [-0.39, 0.29) is 6.10 Å². The van der Waals surface area contributed by atoms with Crippen LogP contribution in [0.4, 0.5) is 0 Å². The van der Waals surface area contributed by atoms with Crippen LogP contribution in [0, 0.1) is 0 Å². The van der Waals surface area contributed by atoms with Gasteiger partial charge in [-0.05, 0) is 76.6 Å². The van der Waals surface area contributed by atoms with Gasteiger partial charge < -0.3 is 9.15 Å². The number of aromatic nitrogens is 2. The summed E-state index contributed by atoms with van der Waals surface area (Å²) in [6.07, 6.45) is 4.75. The number of hydrogen-bond donors (Lipinski definition) is 0. The van der Waals surface area contributed by atoms with Gasteiger partial charge >= 0.3 is 0 Å². The Morgan fingerprint density at radius 2 is 1.21 bits per heavy atom. The molecule has 0 N–H and O–H groups in total. The standard InChI is InChI=1S/C44H32N2O2/c1-3-12-27(13-4-1)29-16-11-17-30(24-29)31-22-23-38-36(25-31)40-33-19-8-7-18-32(33)35(26-39(40)47-38)44-45-41(28-14-5-2-6-15-28)43-42(46-44)34-20-9-10-21-37(34)48-43/h1-8,11-19,22-26,34,37H,9-10,20-21H2. The molecular weight excluding hydrogens is 588 g/mol. The predicted octanol–water partition coefficient (Wildman–Crippen LogP) is 11.6. The summed E-state index contributed by atoms with van der Waals surface area (Å²) in [7, 11) is 0. The van der Waals surface area contributed by atoms with Crippen molar-refractivity contribution in [3.63, 3.8) is 0 Å². The van der Waals surface area contributed by atoms with Crippen molar-refractivity contribution in [1.29, 1.82) is 0 Å². The summed E-state index contributed by atoms with van der Waals surface area (Å²) in [6, 6.07) is 47.0. The Morgan fingerprint density at radius 3 is 2.04 bits per heavy atom. The van der Waals surface area contributed by atoms with Crippen LogP contribution < -0.4 is 4.74 Å². The second-order valence-electron chi connectivity index (χ2n) is 13.1. The van der Waals surface area contributed by atoms with Crippen LogP contribution in [0.2, 0.25) is 0 Å². The Morgan fingerprint density at radius 1 is 0.521 bits per heavy atom. The fourth-order valence-electron chi connectivity index (χ4n) is 7.96. The SMILES string of the molecule is c1ccc(-c2cccc(-c3ccc4oc5cc(-c6nc(-c7ccccc7)c7c(n6)C6CCCCC6O7)c6ccccc6c5c4c3)c2)cc1. The maximum atomic E-state index is 6.62. The Bertz CT molecular complexity index is 2500. The van der Waals surface area contributed by atoms with Gasteiger partial charge in [-0.3, -0.25) is 0 Å². The fraction of sp³-hybridized carbons (Fsp3) is 0.136. The Labute approximate surface area is 278 Å². The number of rotatable bonds is 4. The second kappa shape index (κ2) is 10.9. The van der Waals surface area contributed by atoms with E-state index in [1.165, 1.54) is 29.5 Å². The maximum absolute atomic E-state index is 6.62. The summed E-state index contributed by atoms with van der Waals surface area (Å²) in [4.78, 5) is 10.6. The van der Waals surface area contributed by atoms with Crippen molar-refractivity contribution in [2.24, 2.45) is 0 Å². The Balaban J connectivity index is 1.16. The largest absolute Gasteiger partial charge is 0.485 e. The molecule has 6 aromatic carbocycles. The van der Waals surface area contributed by atoms with E-state index in [1.807, 2.05) is 6.07 Å². The number of hydrogen-bond acceptors (Lipinski definition) is 4. The normalized spacial score (nSPS) is 17.0. The molecule has 1 aliphatic carbocycles. The molecule has 4 nitrogen and oxygen atoms in total. The highest BCUT2D eigenvalue weighted by Gasteiger charge is 2.40. The summed E-state index contributed by atoms with van der Waals surface area (Å²) in [5, 5.41) is 4.47. The van der Waals surface area contributed by atoms with Crippen molar-refractivity contribution >= 4 is 32.7 Å². The minimum atomic E-state index is 0.179. The number of furan rings is 1.